The average molecular weight is 516 g/mol. The van der Waals surface area contributed by atoms with Crippen LogP contribution in [0.15, 0.2) is 77.7 Å². The molecule has 0 aliphatic carbocycles. The van der Waals surface area contributed by atoms with Gasteiger partial charge in [-0.1, -0.05) is 52.3 Å². The number of anilines is 1. The number of benzene rings is 2. The van der Waals surface area contributed by atoms with Crippen LogP contribution in [0, 0.1) is 0 Å². The van der Waals surface area contributed by atoms with Crippen molar-refractivity contribution >= 4 is 33.6 Å². The standard InChI is InChI=1S/C23H19BrFN3O5/c24-13-16-19(33-22(30)15-9-5-2-6-10-15)18(25)21(32-16)28-12-11-17(27-23(28)31)26-20(29)14-7-3-1-4-8-14/h1-12,16,18-19,21H,13H2,(H,26,27,29,31)/t16-,18+,19-,21-/m1/s1. The van der Waals surface area contributed by atoms with E-state index in [2.05, 4.69) is 26.2 Å². The highest BCUT2D eigenvalue weighted by atomic mass is 79.9. The highest BCUT2D eigenvalue weighted by molar-refractivity contribution is 9.09. The maximum Gasteiger partial charge on any atom is 0.351 e. The summed E-state index contributed by atoms with van der Waals surface area (Å²) in [5.74, 6) is -1.11. The fraction of sp³-hybridized carbons (Fsp3) is 0.217. The van der Waals surface area contributed by atoms with E-state index in [1.165, 1.54) is 12.3 Å². The molecule has 1 fully saturated rings. The molecule has 0 unspecified atom stereocenters. The first-order valence-corrected chi connectivity index (χ1v) is 11.2. The number of rotatable bonds is 6. The van der Waals surface area contributed by atoms with Crippen LogP contribution in [-0.2, 0) is 9.47 Å². The van der Waals surface area contributed by atoms with Gasteiger partial charge in [0.05, 0.1) is 5.56 Å². The van der Waals surface area contributed by atoms with Crippen LogP contribution in [0.5, 0.6) is 0 Å². The van der Waals surface area contributed by atoms with Crippen LogP contribution in [0.4, 0.5) is 10.2 Å². The average Bonchev–Trinajstić information content (AvgIpc) is 3.15. The van der Waals surface area contributed by atoms with E-state index in [1.807, 2.05) is 0 Å². The van der Waals surface area contributed by atoms with Crippen molar-refractivity contribution in [1.82, 2.24) is 9.55 Å². The molecule has 8 nitrogen and oxygen atoms in total. The van der Waals surface area contributed by atoms with Gasteiger partial charge < -0.3 is 14.8 Å². The smallest absolute Gasteiger partial charge is 0.351 e. The van der Waals surface area contributed by atoms with E-state index in [1.54, 1.807) is 60.7 Å². The monoisotopic (exact) mass is 515 g/mol. The Morgan fingerprint density at radius 2 is 1.70 bits per heavy atom. The second-order valence-corrected chi connectivity index (χ2v) is 7.87. The van der Waals surface area contributed by atoms with Gasteiger partial charge in [-0.3, -0.25) is 9.36 Å². The lowest BCUT2D eigenvalue weighted by Gasteiger charge is -2.18. The first kappa shape index (κ1) is 22.8. The van der Waals surface area contributed by atoms with E-state index in [0.29, 0.717) is 5.56 Å². The Hall–Kier alpha value is -3.37. The predicted molar refractivity (Wildman–Crippen MR) is 121 cm³/mol. The zero-order valence-electron chi connectivity index (χ0n) is 17.1. The first-order valence-electron chi connectivity index (χ1n) is 10.0. The summed E-state index contributed by atoms with van der Waals surface area (Å²) in [5.41, 5.74) is -0.148. The molecule has 1 aromatic heterocycles. The largest absolute Gasteiger partial charge is 0.453 e. The minimum Gasteiger partial charge on any atom is -0.453 e. The Balaban J connectivity index is 1.49. The summed E-state index contributed by atoms with van der Waals surface area (Å²) in [6.07, 6.45) is -3.93. The van der Waals surface area contributed by atoms with Gasteiger partial charge in [-0.2, -0.15) is 4.98 Å². The molecule has 2 heterocycles. The van der Waals surface area contributed by atoms with Crippen molar-refractivity contribution in [3.8, 4) is 0 Å². The SMILES string of the molecule is O=C(Nc1ccn([C@@H]2O[C@H](CBr)[C@@H](OC(=O)c3ccccc3)[C@@H]2F)c(=O)n1)c1ccccc1. The van der Waals surface area contributed by atoms with E-state index in [4.69, 9.17) is 9.47 Å². The number of carbonyl (C=O) groups is 2. The first-order chi connectivity index (χ1) is 16.0. The molecule has 0 saturated carbocycles. The van der Waals surface area contributed by atoms with E-state index < -0.39 is 42.2 Å². The minimum atomic E-state index is -1.82. The van der Waals surface area contributed by atoms with Gasteiger partial charge in [0.25, 0.3) is 5.91 Å². The van der Waals surface area contributed by atoms with Crippen LogP contribution in [0.1, 0.15) is 26.9 Å². The Bertz CT molecular complexity index is 1190. The van der Waals surface area contributed by atoms with Gasteiger partial charge in [-0.25, -0.2) is 14.0 Å². The lowest BCUT2D eigenvalue weighted by molar-refractivity contribution is -0.0200. The fourth-order valence-corrected chi connectivity index (χ4v) is 3.92. The third kappa shape index (κ3) is 5.01. The summed E-state index contributed by atoms with van der Waals surface area (Å²) in [7, 11) is 0. The van der Waals surface area contributed by atoms with Crippen LogP contribution in [0.25, 0.3) is 0 Å². The summed E-state index contributed by atoms with van der Waals surface area (Å²) < 4.78 is 27.3. The highest BCUT2D eigenvalue weighted by Crippen LogP contribution is 2.34. The minimum absolute atomic E-state index is 0.0163. The summed E-state index contributed by atoms with van der Waals surface area (Å²) >= 11 is 3.24. The molecule has 1 amide bonds. The topological polar surface area (TPSA) is 99.5 Å². The quantitative estimate of drug-likeness (QED) is 0.399. The van der Waals surface area contributed by atoms with Crippen LogP contribution < -0.4 is 11.0 Å². The molecule has 4 atom stereocenters. The molecule has 0 spiro atoms. The van der Waals surface area contributed by atoms with Crippen LogP contribution >= 0.6 is 15.9 Å². The molecule has 0 bridgehead atoms. The number of hydrogen-bond acceptors (Lipinski definition) is 6. The maximum atomic E-state index is 15.3. The van der Waals surface area contributed by atoms with E-state index in [9.17, 15) is 14.4 Å². The van der Waals surface area contributed by atoms with Gasteiger partial charge in [0.15, 0.2) is 18.5 Å². The number of ether oxygens (including phenoxy) is 2. The van der Waals surface area contributed by atoms with Crippen molar-refractivity contribution in [3.63, 3.8) is 0 Å². The zero-order chi connectivity index (χ0) is 23.4. The third-order valence-corrected chi connectivity index (χ3v) is 5.69. The highest BCUT2D eigenvalue weighted by Gasteiger charge is 2.48. The number of halogens is 2. The van der Waals surface area contributed by atoms with Crippen molar-refractivity contribution in [2.24, 2.45) is 0 Å². The lowest BCUT2D eigenvalue weighted by Crippen LogP contribution is -2.36. The number of hydrogen-bond donors (Lipinski definition) is 1. The summed E-state index contributed by atoms with van der Waals surface area (Å²) in [4.78, 5) is 41.0. The van der Waals surface area contributed by atoms with Crippen LogP contribution in [0.2, 0.25) is 0 Å². The van der Waals surface area contributed by atoms with Crippen molar-refractivity contribution in [3.05, 3.63) is 94.5 Å². The molecule has 4 rings (SSSR count). The van der Waals surface area contributed by atoms with Gasteiger partial charge in [-0.15, -0.1) is 0 Å². The number of nitrogens with zero attached hydrogens (tertiary/aromatic N) is 2. The van der Waals surface area contributed by atoms with Crippen molar-refractivity contribution in [2.75, 3.05) is 10.6 Å². The van der Waals surface area contributed by atoms with Gasteiger partial charge in [0, 0.05) is 17.1 Å². The molecule has 1 saturated heterocycles. The second kappa shape index (κ2) is 10.1. The number of alkyl halides is 2. The summed E-state index contributed by atoms with van der Waals surface area (Å²) in [6.45, 7) is 0. The molecule has 2 aromatic carbocycles. The van der Waals surface area contributed by atoms with Gasteiger partial charge in [0.2, 0.25) is 0 Å². The molecule has 0 radical (unpaired) electrons. The zero-order valence-corrected chi connectivity index (χ0v) is 18.7. The molecule has 170 valence electrons. The number of esters is 1. The normalized spacial score (nSPS) is 22.0. The summed E-state index contributed by atoms with van der Waals surface area (Å²) in [6, 6.07) is 18.0. The molecule has 1 aliphatic heterocycles. The van der Waals surface area contributed by atoms with Crippen LogP contribution in [-0.4, -0.2) is 45.1 Å². The van der Waals surface area contributed by atoms with Crippen LogP contribution in [0.3, 0.4) is 0 Å². The van der Waals surface area contributed by atoms with Gasteiger partial charge >= 0.3 is 11.7 Å². The number of amides is 1. The van der Waals surface area contributed by atoms with E-state index in [-0.39, 0.29) is 16.7 Å². The van der Waals surface area contributed by atoms with Crippen molar-refractivity contribution < 1.29 is 23.5 Å². The van der Waals surface area contributed by atoms with Crippen molar-refractivity contribution in [2.45, 2.75) is 24.6 Å². The number of carbonyl (C=O) groups excluding carboxylic acids is 2. The number of nitrogens with one attached hydrogen (secondary N) is 1. The van der Waals surface area contributed by atoms with Gasteiger partial charge in [-0.05, 0) is 30.3 Å². The Kier molecular flexibility index (Phi) is 6.95. The molecular formula is C23H19BrFN3O5. The Morgan fingerprint density at radius 1 is 1.06 bits per heavy atom. The molecule has 33 heavy (non-hydrogen) atoms. The Labute approximate surface area is 196 Å². The maximum absolute atomic E-state index is 15.3. The van der Waals surface area contributed by atoms with Crippen molar-refractivity contribution in [1.29, 1.82) is 0 Å². The molecule has 1 N–H and O–H groups in total. The molecule has 3 aromatic rings. The molecule has 1 aliphatic rings. The summed E-state index contributed by atoms with van der Waals surface area (Å²) in [5, 5.41) is 2.71. The predicted octanol–water partition coefficient (Wildman–Crippen LogP) is 3.35. The molecule has 10 heteroatoms. The fourth-order valence-electron chi connectivity index (χ4n) is 3.40. The molecular weight excluding hydrogens is 497 g/mol. The third-order valence-electron chi connectivity index (χ3n) is 5.05. The second-order valence-electron chi connectivity index (χ2n) is 7.22. The lowest BCUT2D eigenvalue weighted by atomic mass is 10.1. The van der Waals surface area contributed by atoms with E-state index >= 15 is 4.39 Å². The Morgan fingerprint density at radius 3 is 2.30 bits per heavy atom. The van der Waals surface area contributed by atoms with E-state index in [0.717, 1.165) is 4.57 Å². The van der Waals surface area contributed by atoms with Gasteiger partial charge in [0.1, 0.15) is 11.9 Å². The number of aromatic nitrogens is 2.